The largest absolute Gasteiger partial charge is 0.364 e. The van der Waals surface area contributed by atoms with Crippen LogP contribution in [0.15, 0.2) is 23.1 Å². The second-order valence-corrected chi connectivity index (χ2v) is 7.58. The number of nitrogens with one attached hydrogen (secondary N) is 1. The molecule has 128 valence electrons. The van der Waals surface area contributed by atoms with Crippen molar-refractivity contribution in [2.45, 2.75) is 37.5 Å². The molecular weight excluding hydrogens is 328 g/mol. The number of aromatic nitrogens is 2. The van der Waals surface area contributed by atoms with Crippen LogP contribution in [0.2, 0.25) is 0 Å². The SMILES string of the molecule is CCc1nn(C)c(C(N)=O)c1NS(=O)(=O)c1ccc2c(c1)CCC2. The number of carbonyl (C=O) groups is 1. The number of fused-ring (bicyclic) bond motifs is 1. The van der Waals surface area contributed by atoms with Gasteiger partial charge in [-0.15, -0.1) is 0 Å². The molecule has 3 N–H and O–H groups in total. The zero-order valence-corrected chi connectivity index (χ0v) is 14.5. The maximum absolute atomic E-state index is 12.8. The number of nitrogens with zero attached hydrogens (tertiary/aromatic N) is 2. The highest BCUT2D eigenvalue weighted by atomic mass is 32.2. The van der Waals surface area contributed by atoms with Gasteiger partial charge in [-0.1, -0.05) is 13.0 Å². The quantitative estimate of drug-likeness (QED) is 0.851. The van der Waals surface area contributed by atoms with Crippen molar-refractivity contribution in [3.63, 3.8) is 0 Å². The van der Waals surface area contributed by atoms with Gasteiger partial charge >= 0.3 is 0 Å². The minimum absolute atomic E-state index is 0.0524. The maximum atomic E-state index is 12.8. The van der Waals surface area contributed by atoms with E-state index in [0.29, 0.717) is 12.1 Å². The van der Waals surface area contributed by atoms with E-state index in [1.165, 1.54) is 10.2 Å². The summed E-state index contributed by atoms with van der Waals surface area (Å²) in [5.41, 5.74) is 8.34. The van der Waals surface area contributed by atoms with Crippen molar-refractivity contribution in [2.24, 2.45) is 12.8 Å². The fourth-order valence-corrected chi connectivity index (χ4v) is 4.27. The lowest BCUT2D eigenvalue weighted by atomic mass is 10.1. The van der Waals surface area contributed by atoms with Crippen LogP contribution in [0.4, 0.5) is 5.69 Å². The number of anilines is 1. The number of rotatable bonds is 5. The van der Waals surface area contributed by atoms with Gasteiger partial charge < -0.3 is 5.73 Å². The van der Waals surface area contributed by atoms with Crippen molar-refractivity contribution in [2.75, 3.05) is 4.72 Å². The maximum Gasteiger partial charge on any atom is 0.269 e. The van der Waals surface area contributed by atoms with E-state index >= 15 is 0 Å². The number of hydrogen-bond donors (Lipinski definition) is 2. The van der Waals surface area contributed by atoms with E-state index in [-0.39, 0.29) is 16.3 Å². The summed E-state index contributed by atoms with van der Waals surface area (Å²) in [5, 5.41) is 4.17. The number of carbonyl (C=O) groups excluding carboxylic acids is 1. The molecule has 3 rings (SSSR count). The molecule has 1 aromatic heterocycles. The highest BCUT2D eigenvalue weighted by Gasteiger charge is 2.25. The van der Waals surface area contributed by atoms with Crippen molar-refractivity contribution in [1.82, 2.24) is 9.78 Å². The van der Waals surface area contributed by atoms with Crippen molar-refractivity contribution in [1.29, 1.82) is 0 Å². The summed E-state index contributed by atoms with van der Waals surface area (Å²) >= 11 is 0. The fraction of sp³-hybridized carbons (Fsp3) is 0.375. The lowest BCUT2D eigenvalue weighted by molar-refractivity contribution is 0.0992. The van der Waals surface area contributed by atoms with E-state index in [0.717, 1.165) is 24.8 Å². The topological polar surface area (TPSA) is 107 Å². The van der Waals surface area contributed by atoms with Gasteiger partial charge in [-0.25, -0.2) is 8.42 Å². The molecular formula is C16H20N4O3S. The highest BCUT2D eigenvalue weighted by molar-refractivity contribution is 7.92. The number of amides is 1. The highest BCUT2D eigenvalue weighted by Crippen LogP contribution is 2.28. The van der Waals surface area contributed by atoms with Gasteiger partial charge in [0.1, 0.15) is 11.4 Å². The molecule has 7 nitrogen and oxygen atoms in total. The van der Waals surface area contributed by atoms with Crippen molar-refractivity contribution < 1.29 is 13.2 Å². The third-order valence-electron chi connectivity index (χ3n) is 4.30. The molecule has 0 saturated heterocycles. The predicted octanol–water partition coefficient (Wildman–Crippen LogP) is 1.37. The Morgan fingerprint density at radius 2 is 2.04 bits per heavy atom. The molecule has 1 amide bonds. The molecule has 0 radical (unpaired) electrons. The van der Waals surface area contributed by atoms with E-state index in [1.54, 1.807) is 19.2 Å². The van der Waals surface area contributed by atoms with Crippen molar-refractivity contribution >= 4 is 21.6 Å². The van der Waals surface area contributed by atoms with Gasteiger partial charge in [0.2, 0.25) is 0 Å². The molecule has 1 aliphatic carbocycles. The molecule has 1 heterocycles. The molecule has 8 heteroatoms. The summed E-state index contributed by atoms with van der Waals surface area (Å²) in [6.07, 6.45) is 3.39. The van der Waals surface area contributed by atoms with Crippen LogP contribution in [-0.4, -0.2) is 24.1 Å². The third kappa shape index (κ3) is 2.77. The van der Waals surface area contributed by atoms with E-state index in [1.807, 2.05) is 13.0 Å². The molecule has 0 unspecified atom stereocenters. The monoisotopic (exact) mass is 348 g/mol. The van der Waals surface area contributed by atoms with Crippen LogP contribution in [-0.2, 0) is 36.3 Å². The van der Waals surface area contributed by atoms with Gasteiger partial charge in [-0.3, -0.25) is 14.2 Å². The Bertz CT molecular complexity index is 916. The first-order valence-corrected chi connectivity index (χ1v) is 9.32. The van der Waals surface area contributed by atoms with E-state index in [9.17, 15) is 13.2 Å². The second-order valence-electron chi connectivity index (χ2n) is 5.90. The Morgan fingerprint density at radius 3 is 2.71 bits per heavy atom. The minimum Gasteiger partial charge on any atom is -0.364 e. The summed E-state index contributed by atoms with van der Waals surface area (Å²) in [6, 6.07) is 5.16. The number of nitrogens with two attached hydrogens (primary N) is 1. The Labute approximate surface area is 140 Å². The zero-order chi connectivity index (χ0) is 17.5. The lowest BCUT2D eigenvalue weighted by Gasteiger charge is -2.10. The summed E-state index contributed by atoms with van der Waals surface area (Å²) in [7, 11) is -2.26. The second kappa shape index (κ2) is 5.94. The van der Waals surface area contributed by atoms with Crippen LogP contribution in [0.3, 0.4) is 0 Å². The van der Waals surface area contributed by atoms with Crippen molar-refractivity contribution in [3.8, 4) is 0 Å². The van der Waals surface area contributed by atoms with E-state index < -0.39 is 15.9 Å². The van der Waals surface area contributed by atoms with Gasteiger partial charge in [0.15, 0.2) is 0 Å². The number of benzene rings is 1. The summed E-state index contributed by atoms with van der Waals surface area (Å²) in [6.45, 7) is 1.83. The molecule has 1 aromatic carbocycles. The molecule has 24 heavy (non-hydrogen) atoms. The molecule has 0 saturated carbocycles. The van der Waals surface area contributed by atoms with Crippen LogP contribution < -0.4 is 10.5 Å². The summed E-state index contributed by atoms with van der Waals surface area (Å²) in [4.78, 5) is 11.9. The Kier molecular flexibility index (Phi) is 4.08. The third-order valence-corrected chi connectivity index (χ3v) is 5.65. The number of aryl methyl sites for hydroxylation is 4. The average molecular weight is 348 g/mol. The zero-order valence-electron chi connectivity index (χ0n) is 13.7. The molecule has 1 aliphatic rings. The Morgan fingerprint density at radius 1 is 1.33 bits per heavy atom. The molecule has 0 fully saturated rings. The Balaban J connectivity index is 2.03. The minimum atomic E-state index is -3.82. The first-order valence-electron chi connectivity index (χ1n) is 7.83. The fourth-order valence-electron chi connectivity index (χ4n) is 3.13. The number of hydrogen-bond acceptors (Lipinski definition) is 4. The first-order chi connectivity index (χ1) is 11.3. The summed E-state index contributed by atoms with van der Waals surface area (Å²) < 4.78 is 29.3. The Hall–Kier alpha value is -2.35. The van der Waals surface area contributed by atoms with Crippen LogP contribution in [0.5, 0.6) is 0 Å². The van der Waals surface area contributed by atoms with Gasteiger partial charge in [-0.2, -0.15) is 5.10 Å². The number of sulfonamides is 1. The molecule has 0 atom stereocenters. The van der Waals surface area contributed by atoms with Gasteiger partial charge in [0.05, 0.1) is 10.6 Å². The van der Waals surface area contributed by atoms with Gasteiger partial charge in [-0.05, 0) is 48.9 Å². The van der Waals surface area contributed by atoms with Crippen LogP contribution >= 0.6 is 0 Å². The van der Waals surface area contributed by atoms with Gasteiger partial charge in [0.25, 0.3) is 15.9 Å². The van der Waals surface area contributed by atoms with Crippen LogP contribution in [0, 0.1) is 0 Å². The molecule has 2 aromatic rings. The predicted molar refractivity (Wildman–Crippen MR) is 90.4 cm³/mol. The van der Waals surface area contributed by atoms with Crippen molar-refractivity contribution in [3.05, 3.63) is 40.7 Å². The van der Waals surface area contributed by atoms with E-state index in [2.05, 4.69) is 9.82 Å². The van der Waals surface area contributed by atoms with Crippen LogP contribution in [0.25, 0.3) is 0 Å². The van der Waals surface area contributed by atoms with E-state index in [4.69, 9.17) is 5.73 Å². The molecule has 0 bridgehead atoms. The van der Waals surface area contributed by atoms with Crippen LogP contribution in [0.1, 0.15) is 40.7 Å². The first kappa shape index (κ1) is 16.5. The standard InChI is InChI=1S/C16H20N4O3S/c1-3-13-14(15(16(17)21)20(2)18-13)19-24(22,23)12-8-7-10-5-4-6-11(10)9-12/h7-9,19H,3-6H2,1-2H3,(H2,17,21). The average Bonchev–Trinajstić information content (AvgIpc) is 3.10. The smallest absolute Gasteiger partial charge is 0.269 e. The van der Waals surface area contributed by atoms with Gasteiger partial charge in [0, 0.05) is 7.05 Å². The number of primary amides is 1. The summed E-state index contributed by atoms with van der Waals surface area (Å²) in [5.74, 6) is -0.726. The normalized spacial score (nSPS) is 13.8. The molecule has 0 spiro atoms. The lowest BCUT2D eigenvalue weighted by Crippen LogP contribution is -2.20. The molecule has 0 aliphatic heterocycles.